The summed E-state index contributed by atoms with van der Waals surface area (Å²) in [5, 5.41) is 9.47. The van der Waals surface area contributed by atoms with Gasteiger partial charge in [0.2, 0.25) is 0 Å². The first-order chi connectivity index (χ1) is 21.1. The highest BCUT2D eigenvalue weighted by atomic mass is 16.6. The maximum atomic E-state index is 12.0. The average Bonchev–Trinajstić information content (AvgIpc) is 3.01. The third kappa shape index (κ3) is 32.6. The number of carbonyl (C=O) groups is 2. The summed E-state index contributed by atoms with van der Waals surface area (Å²) in [6.45, 7) is 4.03. The van der Waals surface area contributed by atoms with E-state index < -0.39 is 6.10 Å². The van der Waals surface area contributed by atoms with Gasteiger partial charge in [-0.2, -0.15) is 0 Å². The van der Waals surface area contributed by atoms with Crippen LogP contribution in [-0.2, 0) is 19.1 Å². The molecule has 0 bridgehead atoms. The molecule has 0 rings (SSSR count). The van der Waals surface area contributed by atoms with Crippen LogP contribution in [0.5, 0.6) is 0 Å². The molecule has 0 saturated heterocycles. The lowest BCUT2D eigenvalue weighted by atomic mass is 10.1. The smallest absolute Gasteiger partial charge is 0.306 e. The van der Waals surface area contributed by atoms with Crippen LogP contribution in [0, 0.1) is 0 Å². The second-order valence-corrected chi connectivity index (χ2v) is 11.6. The number of hydrogen-bond donors (Lipinski definition) is 1. The number of rotatable bonds is 31. The van der Waals surface area contributed by atoms with Crippen LogP contribution in [0.15, 0.2) is 48.6 Å². The van der Waals surface area contributed by atoms with Gasteiger partial charge in [0.05, 0.1) is 6.61 Å². The number of carbonyl (C=O) groups excluding carboxylic acids is 2. The van der Waals surface area contributed by atoms with Crippen molar-refractivity contribution in [3.8, 4) is 0 Å². The highest BCUT2D eigenvalue weighted by molar-refractivity contribution is 5.70. The van der Waals surface area contributed by atoms with Gasteiger partial charge in [-0.1, -0.05) is 146 Å². The summed E-state index contributed by atoms with van der Waals surface area (Å²) in [5.74, 6) is -0.664. The highest BCUT2D eigenvalue weighted by Gasteiger charge is 2.15. The van der Waals surface area contributed by atoms with E-state index >= 15 is 0 Å². The van der Waals surface area contributed by atoms with E-state index in [1.165, 1.54) is 83.5 Å². The lowest BCUT2D eigenvalue weighted by molar-refractivity contribution is -0.161. The Labute approximate surface area is 265 Å². The molecular weight excluding hydrogens is 536 g/mol. The van der Waals surface area contributed by atoms with Crippen molar-refractivity contribution in [1.29, 1.82) is 0 Å². The lowest BCUT2D eigenvalue weighted by Gasteiger charge is -2.15. The second kappa shape index (κ2) is 34.4. The van der Waals surface area contributed by atoms with E-state index in [9.17, 15) is 14.7 Å². The summed E-state index contributed by atoms with van der Waals surface area (Å²) < 4.78 is 10.5. The maximum absolute atomic E-state index is 12.0. The summed E-state index contributed by atoms with van der Waals surface area (Å²) in [4.78, 5) is 24.0. The van der Waals surface area contributed by atoms with Gasteiger partial charge in [0.1, 0.15) is 6.61 Å². The van der Waals surface area contributed by atoms with E-state index in [-0.39, 0.29) is 25.2 Å². The maximum Gasteiger partial charge on any atom is 0.306 e. The molecular formula is C38H66O5. The molecule has 0 fully saturated rings. The molecule has 0 aliphatic heterocycles. The summed E-state index contributed by atoms with van der Waals surface area (Å²) in [5.41, 5.74) is 0. The van der Waals surface area contributed by atoms with Crippen molar-refractivity contribution < 1.29 is 24.2 Å². The largest absolute Gasteiger partial charge is 0.462 e. The van der Waals surface area contributed by atoms with Crippen LogP contribution in [0.1, 0.15) is 162 Å². The van der Waals surface area contributed by atoms with Gasteiger partial charge in [0.25, 0.3) is 0 Å². The minimum Gasteiger partial charge on any atom is -0.462 e. The number of esters is 2. The fourth-order valence-electron chi connectivity index (χ4n) is 4.66. The van der Waals surface area contributed by atoms with E-state index in [0.29, 0.717) is 19.3 Å². The Hall–Kier alpha value is -2.14. The molecule has 0 aromatic heterocycles. The van der Waals surface area contributed by atoms with Crippen molar-refractivity contribution >= 4 is 11.9 Å². The number of aliphatic hydroxyl groups excluding tert-OH is 1. The van der Waals surface area contributed by atoms with Gasteiger partial charge in [-0.3, -0.25) is 9.59 Å². The number of hydrogen-bond acceptors (Lipinski definition) is 5. The summed E-state index contributed by atoms with van der Waals surface area (Å²) in [7, 11) is 0. The predicted molar refractivity (Wildman–Crippen MR) is 182 cm³/mol. The molecule has 0 spiro atoms. The molecule has 43 heavy (non-hydrogen) atoms. The summed E-state index contributed by atoms with van der Waals surface area (Å²) in [6.07, 6.45) is 41.8. The van der Waals surface area contributed by atoms with E-state index in [1.807, 2.05) is 0 Å². The van der Waals surface area contributed by atoms with Crippen LogP contribution in [0.25, 0.3) is 0 Å². The van der Waals surface area contributed by atoms with Crippen LogP contribution in [0.2, 0.25) is 0 Å². The molecule has 0 aliphatic carbocycles. The van der Waals surface area contributed by atoms with Gasteiger partial charge in [0.15, 0.2) is 6.10 Å². The molecule has 248 valence electrons. The van der Waals surface area contributed by atoms with Crippen LogP contribution in [-0.4, -0.2) is 36.4 Å². The first kappa shape index (κ1) is 40.9. The van der Waals surface area contributed by atoms with Crippen LogP contribution in [0.3, 0.4) is 0 Å². The Morgan fingerprint density at radius 1 is 0.535 bits per heavy atom. The Kier molecular flexibility index (Phi) is 32.6. The molecule has 0 aromatic rings. The molecule has 0 aromatic carbocycles. The van der Waals surface area contributed by atoms with E-state index in [0.717, 1.165) is 44.9 Å². The molecule has 0 saturated carbocycles. The Bertz CT molecular complexity index is 737. The summed E-state index contributed by atoms with van der Waals surface area (Å²) >= 11 is 0. The van der Waals surface area contributed by atoms with Crippen LogP contribution < -0.4 is 0 Å². The topological polar surface area (TPSA) is 72.8 Å². The third-order valence-corrected chi connectivity index (χ3v) is 7.38. The molecule has 0 unspecified atom stereocenters. The highest BCUT2D eigenvalue weighted by Crippen LogP contribution is 2.11. The minimum atomic E-state index is -0.789. The molecule has 0 radical (unpaired) electrons. The zero-order chi connectivity index (χ0) is 31.5. The van der Waals surface area contributed by atoms with Gasteiger partial charge in [0, 0.05) is 12.8 Å². The van der Waals surface area contributed by atoms with Crippen molar-refractivity contribution in [1.82, 2.24) is 0 Å². The SMILES string of the molecule is CCCCCCCCC/C=C/C/C=C/C/C=C/C/C=C/CCCC(=O)OC[C@H](CO)OC(=O)CCCCCCCCCC. The van der Waals surface area contributed by atoms with E-state index in [1.54, 1.807) is 0 Å². The average molecular weight is 603 g/mol. The monoisotopic (exact) mass is 602 g/mol. The second-order valence-electron chi connectivity index (χ2n) is 11.6. The van der Waals surface area contributed by atoms with Crippen LogP contribution >= 0.6 is 0 Å². The standard InChI is InChI=1S/C38H66O5/c1-3-5-7-9-11-13-14-15-16-17-18-19-20-21-22-23-24-25-27-28-30-32-37(40)42-35-36(34-39)43-38(41)33-31-29-26-12-10-8-6-4-2/h16-17,19-20,22-23,25,27,36,39H,3-15,18,21,24,26,28-35H2,1-2H3/b17-16+,20-19+,23-22+,27-25+/t36-/m0/s1. The molecule has 0 heterocycles. The van der Waals surface area contributed by atoms with Gasteiger partial charge in [-0.05, 0) is 51.4 Å². The van der Waals surface area contributed by atoms with Crippen molar-refractivity contribution in [3.63, 3.8) is 0 Å². The summed E-state index contributed by atoms with van der Waals surface area (Å²) in [6, 6.07) is 0. The minimum absolute atomic E-state index is 0.0941. The zero-order valence-electron chi connectivity index (χ0n) is 28.0. The molecule has 1 N–H and O–H groups in total. The fourth-order valence-corrected chi connectivity index (χ4v) is 4.66. The van der Waals surface area contributed by atoms with E-state index in [2.05, 4.69) is 62.5 Å². The number of allylic oxidation sites excluding steroid dienone is 8. The van der Waals surface area contributed by atoms with Crippen molar-refractivity contribution in [2.75, 3.05) is 13.2 Å². The molecule has 0 amide bonds. The number of ether oxygens (including phenoxy) is 2. The third-order valence-electron chi connectivity index (χ3n) is 7.38. The number of aliphatic hydroxyl groups is 1. The van der Waals surface area contributed by atoms with Crippen molar-refractivity contribution in [2.45, 2.75) is 168 Å². The van der Waals surface area contributed by atoms with Crippen molar-refractivity contribution in [2.24, 2.45) is 0 Å². The Balaban J connectivity index is 3.68. The first-order valence-corrected chi connectivity index (χ1v) is 17.7. The predicted octanol–water partition coefficient (Wildman–Crippen LogP) is 10.7. The van der Waals surface area contributed by atoms with Crippen molar-refractivity contribution in [3.05, 3.63) is 48.6 Å². The molecule has 0 aliphatic rings. The Morgan fingerprint density at radius 3 is 1.47 bits per heavy atom. The Morgan fingerprint density at radius 2 is 0.953 bits per heavy atom. The normalized spacial score (nSPS) is 12.7. The quantitative estimate of drug-likeness (QED) is 0.0485. The van der Waals surface area contributed by atoms with Gasteiger partial charge < -0.3 is 14.6 Å². The van der Waals surface area contributed by atoms with Gasteiger partial charge in [-0.15, -0.1) is 0 Å². The van der Waals surface area contributed by atoms with Gasteiger partial charge in [-0.25, -0.2) is 0 Å². The van der Waals surface area contributed by atoms with Gasteiger partial charge >= 0.3 is 11.9 Å². The molecule has 5 heteroatoms. The lowest BCUT2D eigenvalue weighted by Crippen LogP contribution is -2.28. The van der Waals surface area contributed by atoms with E-state index in [4.69, 9.17) is 9.47 Å². The zero-order valence-corrected chi connectivity index (χ0v) is 28.0. The molecule has 5 nitrogen and oxygen atoms in total. The fraction of sp³-hybridized carbons (Fsp3) is 0.737. The molecule has 1 atom stereocenters. The first-order valence-electron chi connectivity index (χ1n) is 17.7. The number of unbranched alkanes of at least 4 members (excludes halogenated alkanes) is 15. The van der Waals surface area contributed by atoms with Crippen LogP contribution in [0.4, 0.5) is 0 Å².